The molecule has 0 aliphatic rings. The molecule has 0 spiro atoms. The lowest BCUT2D eigenvalue weighted by atomic mass is 10.2. The second-order valence-electron chi connectivity index (χ2n) is 5.69. The lowest BCUT2D eigenvalue weighted by Crippen LogP contribution is -2.14. The standard InChI is InChI=1S/C20H17ClN4O3/c1-2-28-20(27)13-6-8-15(9-7-13)23-19(26)17-10-11-18(25-24-17)22-16-5-3-4-14(21)12-16/h3-12H,2H2,1H3,(H,22,25)(H,23,26). The van der Waals surface area contributed by atoms with Gasteiger partial charge in [0.15, 0.2) is 11.5 Å². The average molecular weight is 397 g/mol. The van der Waals surface area contributed by atoms with Crippen LogP contribution in [0, 0.1) is 0 Å². The predicted molar refractivity (Wildman–Crippen MR) is 107 cm³/mol. The van der Waals surface area contributed by atoms with Gasteiger partial charge in [0.1, 0.15) is 0 Å². The maximum Gasteiger partial charge on any atom is 0.338 e. The van der Waals surface area contributed by atoms with Crippen LogP contribution in [-0.2, 0) is 4.74 Å². The second-order valence-corrected chi connectivity index (χ2v) is 6.13. The minimum atomic E-state index is -0.411. The van der Waals surface area contributed by atoms with Gasteiger partial charge in [-0.1, -0.05) is 17.7 Å². The van der Waals surface area contributed by atoms with Crippen molar-refractivity contribution in [3.05, 3.63) is 76.9 Å². The first kappa shape index (κ1) is 19.3. The highest BCUT2D eigenvalue weighted by Gasteiger charge is 2.10. The molecule has 0 radical (unpaired) electrons. The number of halogens is 1. The van der Waals surface area contributed by atoms with E-state index >= 15 is 0 Å². The van der Waals surface area contributed by atoms with Gasteiger partial charge in [0.25, 0.3) is 5.91 Å². The van der Waals surface area contributed by atoms with Crippen molar-refractivity contribution in [3.8, 4) is 0 Å². The molecular weight excluding hydrogens is 380 g/mol. The Balaban J connectivity index is 1.62. The number of aromatic nitrogens is 2. The zero-order valence-corrected chi connectivity index (χ0v) is 15.7. The van der Waals surface area contributed by atoms with Crippen LogP contribution in [0.5, 0.6) is 0 Å². The Labute approximate surface area is 166 Å². The summed E-state index contributed by atoms with van der Waals surface area (Å²) in [6, 6.07) is 16.8. The maximum atomic E-state index is 12.3. The smallest absolute Gasteiger partial charge is 0.338 e. The Kier molecular flexibility index (Phi) is 6.18. The molecule has 0 bridgehead atoms. The Hall–Kier alpha value is -3.45. The van der Waals surface area contributed by atoms with E-state index < -0.39 is 11.9 Å². The summed E-state index contributed by atoms with van der Waals surface area (Å²) < 4.78 is 4.92. The van der Waals surface area contributed by atoms with Crippen LogP contribution in [0.15, 0.2) is 60.7 Å². The van der Waals surface area contributed by atoms with Crippen LogP contribution in [0.2, 0.25) is 5.02 Å². The van der Waals surface area contributed by atoms with E-state index in [-0.39, 0.29) is 5.69 Å². The van der Waals surface area contributed by atoms with Gasteiger partial charge in [-0.25, -0.2) is 4.79 Å². The molecule has 0 fully saturated rings. The van der Waals surface area contributed by atoms with E-state index in [2.05, 4.69) is 20.8 Å². The second kappa shape index (κ2) is 8.96. The van der Waals surface area contributed by atoms with Gasteiger partial charge in [-0.15, -0.1) is 10.2 Å². The molecule has 0 unspecified atom stereocenters. The average Bonchev–Trinajstić information content (AvgIpc) is 2.69. The molecule has 3 aromatic rings. The fraction of sp³-hybridized carbons (Fsp3) is 0.100. The summed E-state index contributed by atoms with van der Waals surface area (Å²) in [6.07, 6.45) is 0. The summed E-state index contributed by atoms with van der Waals surface area (Å²) in [7, 11) is 0. The minimum absolute atomic E-state index is 0.158. The van der Waals surface area contributed by atoms with E-state index in [1.807, 2.05) is 12.1 Å². The number of benzene rings is 2. The summed E-state index contributed by atoms with van der Waals surface area (Å²) in [5.74, 6) is -0.336. The lowest BCUT2D eigenvalue weighted by Gasteiger charge is -2.07. The Morgan fingerprint density at radius 1 is 1.00 bits per heavy atom. The number of carbonyl (C=O) groups is 2. The number of esters is 1. The van der Waals surface area contributed by atoms with Gasteiger partial charge in [-0.3, -0.25) is 4.79 Å². The zero-order valence-electron chi connectivity index (χ0n) is 15.0. The third-order valence-electron chi connectivity index (χ3n) is 3.65. The molecule has 1 aromatic heterocycles. The van der Waals surface area contributed by atoms with Crippen molar-refractivity contribution in [2.24, 2.45) is 0 Å². The number of ether oxygens (including phenoxy) is 1. The fourth-order valence-corrected chi connectivity index (χ4v) is 2.52. The molecule has 0 saturated heterocycles. The molecule has 2 N–H and O–H groups in total. The molecule has 142 valence electrons. The molecule has 0 aliphatic carbocycles. The van der Waals surface area contributed by atoms with Gasteiger partial charge in [-0.2, -0.15) is 0 Å². The highest BCUT2D eigenvalue weighted by atomic mass is 35.5. The molecule has 0 atom stereocenters. The van der Waals surface area contributed by atoms with Crippen molar-refractivity contribution >= 4 is 40.7 Å². The summed E-state index contributed by atoms with van der Waals surface area (Å²) in [5, 5.41) is 14.3. The third-order valence-corrected chi connectivity index (χ3v) is 3.88. The van der Waals surface area contributed by atoms with Gasteiger partial charge in [0.2, 0.25) is 0 Å². The summed E-state index contributed by atoms with van der Waals surface area (Å²) in [4.78, 5) is 23.9. The molecule has 0 aliphatic heterocycles. The summed E-state index contributed by atoms with van der Waals surface area (Å²) >= 11 is 5.94. The summed E-state index contributed by atoms with van der Waals surface area (Å²) in [5.41, 5.74) is 1.86. The molecule has 28 heavy (non-hydrogen) atoms. The number of anilines is 3. The van der Waals surface area contributed by atoms with Crippen molar-refractivity contribution in [2.45, 2.75) is 6.92 Å². The first-order chi connectivity index (χ1) is 13.5. The predicted octanol–water partition coefficient (Wildman–Crippen LogP) is 4.30. The number of hydrogen-bond acceptors (Lipinski definition) is 6. The Bertz CT molecular complexity index is 976. The molecule has 1 heterocycles. The fourth-order valence-electron chi connectivity index (χ4n) is 2.33. The van der Waals surface area contributed by atoms with Crippen LogP contribution >= 0.6 is 11.6 Å². The maximum absolute atomic E-state index is 12.3. The van der Waals surface area contributed by atoms with Crippen LogP contribution in [0.3, 0.4) is 0 Å². The van der Waals surface area contributed by atoms with Crippen LogP contribution in [0.4, 0.5) is 17.2 Å². The number of rotatable bonds is 6. The summed E-state index contributed by atoms with van der Waals surface area (Å²) in [6.45, 7) is 2.04. The number of amides is 1. The van der Waals surface area contributed by atoms with Gasteiger partial charge in [0, 0.05) is 16.4 Å². The monoisotopic (exact) mass is 396 g/mol. The lowest BCUT2D eigenvalue weighted by molar-refractivity contribution is 0.0526. The van der Waals surface area contributed by atoms with E-state index in [0.717, 1.165) is 5.69 Å². The van der Waals surface area contributed by atoms with Crippen molar-refractivity contribution in [1.29, 1.82) is 0 Å². The van der Waals surface area contributed by atoms with Crippen LogP contribution < -0.4 is 10.6 Å². The molecule has 2 aromatic carbocycles. The van der Waals surface area contributed by atoms with Crippen molar-refractivity contribution < 1.29 is 14.3 Å². The number of carbonyl (C=O) groups excluding carboxylic acids is 2. The van der Waals surface area contributed by atoms with Crippen LogP contribution in [-0.4, -0.2) is 28.7 Å². The van der Waals surface area contributed by atoms with Gasteiger partial charge in [-0.05, 0) is 61.5 Å². The topological polar surface area (TPSA) is 93.2 Å². The number of hydrogen-bond donors (Lipinski definition) is 2. The van der Waals surface area contributed by atoms with Gasteiger partial charge in [0.05, 0.1) is 12.2 Å². The van der Waals surface area contributed by atoms with Crippen molar-refractivity contribution in [1.82, 2.24) is 10.2 Å². The van der Waals surface area contributed by atoms with Gasteiger partial charge >= 0.3 is 5.97 Å². The Morgan fingerprint density at radius 2 is 1.79 bits per heavy atom. The highest BCUT2D eigenvalue weighted by molar-refractivity contribution is 6.30. The largest absolute Gasteiger partial charge is 0.462 e. The quantitative estimate of drug-likeness (QED) is 0.603. The Morgan fingerprint density at radius 3 is 2.43 bits per heavy atom. The van der Waals surface area contributed by atoms with Crippen molar-refractivity contribution in [2.75, 3.05) is 17.2 Å². The van der Waals surface area contributed by atoms with E-state index in [1.165, 1.54) is 0 Å². The third kappa shape index (κ3) is 5.05. The molecule has 7 nitrogen and oxygen atoms in total. The molecule has 3 rings (SSSR count). The molecule has 0 saturated carbocycles. The number of nitrogens with one attached hydrogen (secondary N) is 2. The van der Waals surface area contributed by atoms with Crippen LogP contribution in [0.25, 0.3) is 0 Å². The zero-order chi connectivity index (χ0) is 19.9. The van der Waals surface area contributed by atoms with E-state index in [0.29, 0.717) is 28.7 Å². The SMILES string of the molecule is CCOC(=O)c1ccc(NC(=O)c2ccc(Nc3cccc(Cl)c3)nn2)cc1. The van der Waals surface area contributed by atoms with E-state index in [1.54, 1.807) is 55.5 Å². The van der Waals surface area contributed by atoms with Gasteiger partial charge < -0.3 is 15.4 Å². The minimum Gasteiger partial charge on any atom is -0.462 e. The normalized spacial score (nSPS) is 10.2. The first-order valence-corrected chi connectivity index (χ1v) is 8.88. The van der Waals surface area contributed by atoms with E-state index in [9.17, 15) is 9.59 Å². The number of nitrogens with zero attached hydrogens (tertiary/aromatic N) is 2. The first-order valence-electron chi connectivity index (χ1n) is 8.50. The van der Waals surface area contributed by atoms with Crippen LogP contribution in [0.1, 0.15) is 27.8 Å². The molecule has 1 amide bonds. The highest BCUT2D eigenvalue weighted by Crippen LogP contribution is 2.18. The van der Waals surface area contributed by atoms with Crippen molar-refractivity contribution in [3.63, 3.8) is 0 Å². The molecule has 8 heteroatoms. The molecular formula is C20H17ClN4O3. The van der Waals surface area contributed by atoms with E-state index in [4.69, 9.17) is 16.3 Å².